The number of nitrogens with zero attached hydrogens (tertiary/aromatic N) is 1. The number of rotatable bonds is 3. The van der Waals surface area contributed by atoms with Gasteiger partial charge < -0.3 is 10.1 Å². The molecule has 2 aromatic rings. The van der Waals surface area contributed by atoms with Gasteiger partial charge in [-0.15, -0.1) is 0 Å². The Bertz CT molecular complexity index is 877. The lowest BCUT2D eigenvalue weighted by atomic mass is 9.86. The summed E-state index contributed by atoms with van der Waals surface area (Å²) in [7, 11) is 0. The van der Waals surface area contributed by atoms with E-state index >= 15 is 0 Å². The Kier molecular flexibility index (Phi) is 4.96. The second kappa shape index (κ2) is 7.06. The Hall–Kier alpha value is -2.82. The van der Waals surface area contributed by atoms with Crippen molar-refractivity contribution in [3.05, 3.63) is 53.1 Å². The third kappa shape index (κ3) is 3.97. The molecule has 1 heterocycles. The molecule has 1 aliphatic heterocycles. The van der Waals surface area contributed by atoms with Crippen LogP contribution in [0.1, 0.15) is 37.5 Å². The number of amides is 2. The predicted molar refractivity (Wildman–Crippen MR) is 108 cm³/mol. The summed E-state index contributed by atoms with van der Waals surface area (Å²) in [6.07, 6.45) is 0. The van der Waals surface area contributed by atoms with Gasteiger partial charge in [-0.05, 0) is 48.1 Å². The lowest BCUT2D eigenvalue weighted by molar-refractivity contribution is -0.123. The maximum Gasteiger partial charge on any atom is 0.265 e. The van der Waals surface area contributed by atoms with Crippen molar-refractivity contribution >= 4 is 23.2 Å². The SMILES string of the molecule is Cc1cccc(C)c1NC(=O)CN1C(=O)COc2cc(C(C)(C)C)ccc21. The normalized spacial score (nSPS) is 13.8. The van der Waals surface area contributed by atoms with E-state index in [0.717, 1.165) is 22.4 Å². The van der Waals surface area contributed by atoms with Crippen LogP contribution < -0.4 is 15.0 Å². The van der Waals surface area contributed by atoms with Crippen LogP contribution in [0.5, 0.6) is 5.75 Å². The van der Waals surface area contributed by atoms with Gasteiger partial charge in [0.1, 0.15) is 12.3 Å². The average molecular weight is 366 g/mol. The van der Waals surface area contributed by atoms with Gasteiger partial charge in [-0.3, -0.25) is 14.5 Å². The predicted octanol–water partition coefficient (Wildman–Crippen LogP) is 3.97. The minimum atomic E-state index is -0.228. The number of carbonyl (C=O) groups is 2. The molecule has 2 amide bonds. The minimum absolute atomic E-state index is 0.0234. The topological polar surface area (TPSA) is 58.6 Å². The molecule has 0 radical (unpaired) electrons. The average Bonchev–Trinajstić information content (AvgIpc) is 2.59. The third-order valence-corrected chi connectivity index (χ3v) is 4.82. The number of ether oxygens (including phenoxy) is 1. The van der Waals surface area contributed by atoms with Gasteiger partial charge in [0.2, 0.25) is 5.91 Å². The highest BCUT2D eigenvalue weighted by molar-refractivity contribution is 6.05. The number of anilines is 2. The Labute approximate surface area is 160 Å². The second-order valence-corrected chi connectivity index (χ2v) is 8.02. The number of fused-ring (bicyclic) bond motifs is 1. The van der Waals surface area contributed by atoms with Gasteiger partial charge in [0.05, 0.1) is 5.69 Å². The number of nitrogens with one attached hydrogen (secondary N) is 1. The summed E-state index contributed by atoms with van der Waals surface area (Å²) in [6, 6.07) is 11.7. The first kappa shape index (κ1) is 19.0. The molecule has 0 bridgehead atoms. The number of hydrogen-bond donors (Lipinski definition) is 1. The fourth-order valence-electron chi connectivity index (χ4n) is 3.18. The molecule has 0 atom stereocenters. The highest BCUT2D eigenvalue weighted by Crippen LogP contribution is 2.36. The van der Waals surface area contributed by atoms with Crippen molar-refractivity contribution in [3.8, 4) is 5.75 Å². The fourth-order valence-corrected chi connectivity index (χ4v) is 3.18. The Morgan fingerprint density at radius 2 is 1.81 bits per heavy atom. The minimum Gasteiger partial charge on any atom is -0.482 e. The molecular formula is C22H26N2O3. The molecule has 0 aliphatic carbocycles. The number of benzene rings is 2. The molecule has 0 fully saturated rings. The highest BCUT2D eigenvalue weighted by atomic mass is 16.5. The monoisotopic (exact) mass is 366 g/mol. The maximum atomic E-state index is 12.6. The molecule has 0 spiro atoms. The largest absolute Gasteiger partial charge is 0.482 e. The molecule has 0 saturated carbocycles. The van der Waals surface area contributed by atoms with Gasteiger partial charge in [0, 0.05) is 5.69 Å². The van der Waals surface area contributed by atoms with Gasteiger partial charge in [-0.2, -0.15) is 0 Å². The van der Waals surface area contributed by atoms with E-state index in [1.807, 2.05) is 50.2 Å². The third-order valence-electron chi connectivity index (χ3n) is 4.82. The molecule has 5 nitrogen and oxygen atoms in total. The molecule has 5 heteroatoms. The van der Waals surface area contributed by atoms with E-state index in [-0.39, 0.29) is 30.4 Å². The zero-order valence-corrected chi connectivity index (χ0v) is 16.6. The van der Waals surface area contributed by atoms with Crippen molar-refractivity contribution in [1.29, 1.82) is 0 Å². The first-order valence-electron chi connectivity index (χ1n) is 9.10. The summed E-state index contributed by atoms with van der Waals surface area (Å²) >= 11 is 0. The van der Waals surface area contributed by atoms with Crippen molar-refractivity contribution in [1.82, 2.24) is 0 Å². The molecule has 1 aliphatic rings. The second-order valence-electron chi connectivity index (χ2n) is 8.02. The van der Waals surface area contributed by atoms with E-state index in [4.69, 9.17) is 4.74 Å². The van der Waals surface area contributed by atoms with E-state index in [0.29, 0.717) is 11.4 Å². The van der Waals surface area contributed by atoms with Crippen LogP contribution in [0, 0.1) is 13.8 Å². The van der Waals surface area contributed by atoms with Crippen LogP contribution in [0.3, 0.4) is 0 Å². The molecule has 27 heavy (non-hydrogen) atoms. The molecule has 3 rings (SSSR count). The van der Waals surface area contributed by atoms with Crippen LogP contribution in [0.15, 0.2) is 36.4 Å². The summed E-state index contributed by atoms with van der Waals surface area (Å²) in [4.78, 5) is 26.5. The first-order chi connectivity index (χ1) is 12.7. The van der Waals surface area contributed by atoms with Crippen LogP contribution in [-0.2, 0) is 15.0 Å². The molecule has 2 aromatic carbocycles. The van der Waals surface area contributed by atoms with E-state index < -0.39 is 0 Å². The molecule has 1 N–H and O–H groups in total. The van der Waals surface area contributed by atoms with Crippen LogP contribution in [0.25, 0.3) is 0 Å². The van der Waals surface area contributed by atoms with Gasteiger partial charge in [0.15, 0.2) is 6.61 Å². The summed E-state index contributed by atoms with van der Waals surface area (Å²) in [5, 5.41) is 2.94. The lowest BCUT2D eigenvalue weighted by Crippen LogP contribution is -2.43. The van der Waals surface area contributed by atoms with Gasteiger partial charge in [-0.1, -0.05) is 45.0 Å². The molecular weight excluding hydrogens is 340 g/mol. The van der Waals surface area contributed by atoms with E-state index in [1.54, 1.807) is 0 Å². The quantitative estimate of drug-likeness (QED) is 0.894. The lowest BCUT2D eigenvalue weighted by Gasteiger charge is -2.30. The summed E-state index contributed by atoms with van der Waals surface area (Å²) in [6.45, 7) is 10.2. The van der Waals surface area contributed by atoms with Crippen LogP contribution in [0.2, 0.25) is 0 Å². The number of carbonyl (C=O) groups excluding carboxylic acids is 2. The Morgan fingerprint density at radius 1 is 1.15 bits per heavy atom. The van der Waals surface area contributed by atoms with Crippen LogP contribution >= 0.6 is 0 Å². The number of para-hydroxylation sites is 1. The Morgan fingerprint density at radius 3 is 2.44 bits per heavy atom. The van der Waals surface area contributed by atoms with Crippen molar-refractivity contribution in [3.63, 3.8) is 0 Å². The molecule has 0 aromatic heterocycles. The highest BCUT2D eigenvalue weighted by Gasteiger charge is 2.29. The maximum absolute atomic E-state index is 12.6. The standard InChI is InChI=1S/C22H26N2O3/c1-14-7-6-8-15(2)21(14)23-19(25)12-24-17-10-9-16(22(3,4)5)11-18(17)27-13-20(24)26/h6-11H,12-13H2,1-5H3,(H,23,25). The first-order valence-corrected chi connectivity index (χ1v) is 9.10. The van der Waals surface area contributed by atoms with E-state index in [2.05, 4.69) is 26.1 Å². The van der Waals surface area contributed by atoms with Crippen LogP contribution in [0.4, 0.5) is 11.4 Å². The summed E-state index contributed by atoms with van der Waals surface area (Å²) in [5.41, 5.74) is 4.52. The molecule has 0 unspecified atom stereocenters. The van der Waals surface area contributed by atoms with E-state index in [1.165, 1.54) is 4.90 Å². The smallest absolute Gasteiger partial charge is 0.265 e. The van der Waals surface area contributed by atoms with Crippen molar-refractivity contribution < 1.29 is 14.3 Å². The summed E-state index contributed by atoms with van der Waals surface area (Å²) < 4.78 is 5.62. The van der Waals surface area contributed by atoms with Gasteiger partial charge in [-0.25, -0.2) is 0 Å². The zero-order valence-electron chi connectivity index (χ0n) is 16.6. The van der Waals surface area contributed by atoms with E-state index in [9.17, 15) is 9.59 Å². The number of hydrogen-bond acceptors (Lipinski definition) is 3. The van der Waals surface area contributed by atoms with Crippen molar-refractivity contribution in [2.24, 2.45) is 0 Å². The Balaban J connectivity index is 1.83. The summed E-state index contributed by atoms with van der Waals surface area (Å²) in [5.74, 6) is 0.193. The molecule has 0 saturated heterocycles. The van der Waals surface area contributed by atoms with Crippen molar-refractivity contribution in [2.75, 3.05) is 23.4 Å². The van der Waals surface area contributed by atoms with Crippen LogP contribution in [-0.4, -0.2) is 25.0 Å². The fraction of sp³-hybridized carbons (Fsp3) is 0.364. The van der Waals surface area contributed by atoms with Gasteiger partial charge in [0.25, 0.3) is 5.91 Å². The number of aryl methyl sites for hydroxylation is 2. The zero-order chi connectivity index (χ0) is 19.8. The van der Waals surface area contributed by atoms with Crippen molar-refractivity contribution in [2.45, 2.75) is 40.0 Å². The molecule has 142 valence electrons. The van der Waals surface area contributed by atoms with Gasteiger partial charge >= 0.3 is 0 Å².